The lowest BCUT2D eigenvalue weighted by atomic mass is 10.1. The summed E-state index contributed by atoms with van der Waals surface area (Å²) in [5.74, 6) is 0.818. The molecule has 6 nitrogen and oxygen atoms in total. The van der Waals surface area contributed by atoms with Crippen molar-refractivity contribution in [1.29, 1.82) is 0 Å². The van der Waals surface area contributed by atoms with Crippen LogP contribution in [0.3, 0.4) is 0 Å². The second-order valence-electron chi connectivity index (χ2n) is 6.10. The first-order valence-corrected chi connectivity index (χ1v) is 8.90. The SMILES string of the molecule is CCNC(=O)OC1CCN(Cc2cc(-c3cccc(Cl)c3)no2)CC1. The molecule has 1 aromatic heterocycles. The van der Waals surface area contributed by atoms with E-state index in [-0.39, 0.29) is 12.2 Å². The zero-order chi connectivity index (χ0) is 17.6. The molecule has 0 saturated carbocycles. The van der Waals surface area contributed by atoms with Gasteiger partial charge < -0.3 is 14.6 Å². The molecule has 0 spiro atoms. The predicted octanol–water partition coefficient (Wildman–Crippen LogP) is 3.71. The van der Waals surface area contributed by atoms with Crippen molar-refractivity contribution in [1.82, 2.24) is 15.4 Å². The molecule has 0 unspecified atom stereocenters. The van der Waals surface area contributed by atoms with Gasteiger partial charge in [-0.1, -0.05) is 28.9 Å². The van der Waals surface area contributed by atoms with Crippen LogP contribution in [0, 0.1) is 0 Å². The molecule has 0 bridgehead atoms. The van der Waals surface area contributed by atoms with Crippen molar-refractivity contribution in [2.24, 2.45) is 0 Å². The predicted molar refractivity (Wildman–Crippen MR) is 95.4 cm³/mol. The molecule has 1 saturated heterocycles. The fourth-order valence-corrected chi connectivity index (χ4v) is 3.10. The number of benzene rings is 1. The highest BCUT2D eigenvalue weighted by Gasteiger charge is 2.23. The summed E-state index contributed by atoms with van der Waals surface area (Å²) in [6.07, 6.45) is 1.31. The summed E-state index contributed by atoms with van der Waals surface area (Å²) in [6, 6.07) is 9.50. The van der Waals surface area contributed by atoms with E-state index in [1.165, 1.54) is 0 Å². The summed E-state index contributed by atoms with van der Waals surface area (Å²) in [5, 5.41) is 7.47. The molecule has 2 aromatic rings. The van der Waals surface area contributed by atoms with Crippen LogP contribution in [0.5, 0.6) is 0 Å². The molecule has 3 rings (SSSR count). The van der Waals surface area contributed by atoms with Gasteiger partial charge >= 0.3 is 6.09 Å². The topological polar surface area (TPSA) is 67.6 Å². The molecular formula is C18H22ClN3O3. The average Bonchev–Trinajstić information content (AvgIpc) is 3.05. The summed E-state index contributed by atoms with van der Waals surface area (Å²) >= 11 is 6.02. The zero-order valence-electron chi connectivity index (χ0n) is 14.2. The van der Waals surface area contributed by atoms with E-state index in [1.54, 1.807) is 0 Å². The molecule has 1 aromatic carbocycles. The molecular weight excluding hydrogens is 342 g/mol. The molecule has 0 radical (unpaired) electrons. The Hall–Kier alpha value is -2.05. The molecule has 0 atom stereocenters. The Balaban J connectivity index is 1.50. The Kier molecular flexibility index (Phi) is 5.94. The highest BCUT2D eigenvalue weighted by Crippen LogP contribution is 2.24. The minimum atomic E-state index is -0.331. The molecule has 134 valence electrons. The van der Waals surface area contributed by atoms with Crippen molar-refractivity contribution in [3.05, 3.63) is 41.1 Å². The molecule has 1 fully saturated rings. The van der Waals surface area contributed by atoms with Gasteiger partial charge in [0.05, 0.1) is 6.54 Å². The summed E-state index contributed by atoms with van der Waals surface area (Å²) < 4.78 is 10.8. The van der Waals surface area contributed by atoms with Gasteiger partial charge in [0.1, 0.15) is 11.8 Å². The smallest absolute Gasteiger partial charge is 0.407 e. The van der Waals surface area contributed by atoms with Gasteiger partial charge in [-0.25, -0.2) is 4.79 Å². The highest BCUT2D eigenvalue weighted by molar-refractivity contribution is 6.30. The Morgan fingerprint density at radius 3 is 2.92 bits per heavy atom. The minimum absolute atomic E-state index is 0.0143. The monoisotopic (exact) mass is 363 g/mol. The Morgan fingerprint density at radius 2 is 2.20 bits per heavy atom. The quantitative estimate of drug-likeness (QED) is 0.877. The fourth-order valence-electron chi connectivity index (χ4n) is 2.91. The number of nitrogens with zero attached hydrogens (tertiary/aromatic N) is 2. The van der Waals surface area contributed by atoms with Gasteiger partial charge in [-0.15, -0.1) is 0 Å². The maximum absolute atomic E-state index is 11.5. The normalized spacial score (nSPS) is 15.9. The van der Waals surface area contributed by atoms with Gasteiger partial charge in [-0.3, -0.25) is 4.90 Å². The lowest BCUT2D eigenvalue weighted by Gasteiger charge is -2.30. The number of halogens is 1. The maximum atomic E-state index is 11.5. The number of nitrogens with one attached hydrogen (secondary N) is 1. The van der Waals surface area contributed by atoms with E-state index in [9.17, 15) is 4.79 Å². The van der Waals surface area contributed by atoms with Gasteiger partial charge in [-0.2, -0.15) is 0 Å². The van der Waals surface area contributed by atoms with Crippen molar-refractivity contribution in [2.75, 3.05) is 19.6 Å². The van der Waals surface area contributed by atoms with E-state index >= 15 is 0 Å². The molecule has 7 heteroatoms. The van der Waals surface area contributed by atoms with Crippen molar-refractivity contribution >= 4 is 17.7 Å². The van der Waals surface area contributed by atoms with Crippen LogP contribution < -0.4 is 5.32 Å². The summed E-state index contributed by atoms with van der Waals surface area (Å²) in [5.41, 5.74) is 1.73. The van der Waals surface area contributed by atoms with Gasteiger partial charge in [0.15, 0.2) is 5.76 Å². The Labute approximate surface area is 152 Å². The van der Waals surface area contributed by atoms with Gasteiger partial charge in [0.25, 0.3) is 0 Å². The Bertz CT molecular complexity index is 711. The number of aromatic nitrogens is 1. The van der Waals surface area contributed by atoms with Crippen molar-refractivity contribution < 1.29 is 14.1 Å². The van der Waals surface area contributed by atoms with Crippen molar-refractivity contribution in [3.63, 3.8) is 0 Å². The lowest BCUT2D eigenvalue weighted by molar-refractivity contribution is 0.0467. The first kappa shape index (κ1) is 17.8. The third-order valence-corrected chi connectivity index (χ3v) is 4.42. The number of hydrogen-bond donors (Lipinski definition) is 1. The summed E-state index contributed by atoms with van der Waals surface area (Å²) in [6.45, 7) is 4.87. The zero-order valence-corrected chi connectivity index (χ0v) is 15.0. The molecule has 1 amide bonds. The van der Waals surface area contributed by atoms with Gasteiger partial charge in [-0.05, 0) is 31.9 Å². The van der Waals surface area contributed by atoms with Crippen LogP contribution in [0.4, 0.5) is 4.79 Å². The van der Waals surface area contributed by atoms with E-state index in [2.05, 4.69) is 15.4 Å². The number of piperidine rings is 1. The third-order valence-electron chi connectivity index (χ3n) is 4.19. The number of carbonyl (C=O) groups is 1. The first-order chi connectivity index (χ1) is 12.1. The van der Waals surface area contributed by atoms with Crippen LogP contribution >= 0.6 is 11.6 Å². The van der Waals surface area contributed by atoms with E-state index in [0.29, 0.717) is 18.1 Å². The summed E-state index contributed by atoms with van der Waals surface area (Å²) in [4.78, 5) is 13.7. The Morgan fingerprint density at radius 1 is 1.40 bits per heavy atom. The van der Waals surface area contributed by atoms with E-state index in [0.717, 1.165) is 42.9 Å². The van der Waals surface area contributed by atoms with Crippen LogP contribution in [0.1, 0.15) is 25.5 Å². The lowest BCUT2D eigenvalue weighted by Crippen LogP contribution is -2.39. The second kappa shape index (κ2) is 8.36. The number of amides is 1. The van der Waals surface area contributed by atoms with Gasteiger partial charge in [0.2, 0.25) is 0 Å². The first-order valence-electron chi connectivity index (χ1n) is 8.52. The van der Waals surface area contributed by atoms with E-state index in [4.69, 9.17) is 20.9 Å². The molecule has 1 N–H and O–H groups in total. The fraction of sp³-hybridized carbons (Fsp3) is 0.444. The average molecular weight is 364 g/mol. The van der Waals surface area contributed by atoms with E-state index < -0.39 is 0 Å². The molecule has 2 heterocycles. The largest absolute Gasteiger partial charge is 0.446 e. The standard InChI is InChI=1S/C18H22ClN3O3/c1-2-20-18(23)24-15-6-8-22(9-7-15)12-16-11-17(21-25-16)13-4-3-5-14(19)10-13/h3-5,10-11,15H,2,6-9,12H2,1H3,(H,20,23). The molecule has 25 heavy (non-hydrogen) atoms. The van der Waals surface area contributed by atoms with Crippen LogP contribution in [-0.2, 0) is 11.3 Å². The number of rotatable bonds is 5. The minimum Gasteiger partial charge on any atom is -0.446 e. The van der Waals surface area contributed by atoms with Crippen LogP contribution in [-0.4, -0.2) is 41.9 Å². The molecule has 0 aliphatic carbocycles. The summed E-state index contributed by atoms with van der Waals surface area (Å²) in [7, 11) is 0. The van der Waals surface area contributed by atoms with Crippen LogP contribution in [0.2, 0.25) is 5.02 Å². The van der Waals surface area contributed by atoms with Crippen molar-refractivity contribution in [2.45, 2.75) is 32.4 Å². The number of alkyl carbamates (subject to hydrolysis) is 1. The van der Waals surface area contributed by atoms with Crippen molar-refractivity contribution in [3.8, 4) is 11.3 Å². The van der Waals surface area contributed by atoms with Gasteiger partial charge in [0, 0.05) is 36.3 Å². The number of hydrogen-bond acceptors (Lipinski definition) is 5. The number of ether oxygens (including phenoxy) is 1. The number of carbonyl (C=O) groups excluding carboxylic acids is 1. The molecule has 1 aliphatic rings. The van der Waals surface area contributed by atoms with Crippen LogP contribution in [0.15, 0.2) is 34.9 Å². The maximum Gasteiger partial charge on any atom is 0.407 e. The second-order valence-corrected chi connectivity index (χ2v) is 6.54. The molecule has 1 aliphatic heterocycles. The van der Waals surface area contributed by atoms with Crippen LogP contribution in [0.25, 0.3) is 11.3 Å². The number of likely N-dealkylation sites (tertiary alicyclic amines) is 1. The van der Waals surface area contributed by atoms with E-state index in [1.807, 2.05) is 37.3 Å². The third kappa shape index (κ3) is 4.96. The highest BCUT2D eigenvalue weighted by atomic mass is 35.5.